The van der Waals surface area contributed by atoms with Crippen LogP contribution in [0.1, 0.15) is 18.9 Å². The Bertz CT molecular complexity index is 495. The number of hydrogen-bond donors (Lipinski definition) is 3. The minimum atomic E-state index is -0.668. The molecule has 1 saturated heterocycles. The lowest BCUT2D eigenvalue weighted by Gasteiger charge is -2.23. The topological polar surface area (TPSA) is 56.7 Å². The van der Waals surface area contributed by atoms with Crippen LogP contribution in [0, 0.1) is 5.82 Å². The first-order valence-corrected chi connectivity index (χ1v) is 8.34. The van der Waals surface area contributed by atoms with Gasteiger partial charge in [0.2, 0.25) is 0 Å². The number of benzene rings is 1. The fourth-order valence-electron chi connectivity index (χ4n) is 2.12. The van der Waals surface area contributed by atoms with Crippen molar-refractivity contribution in [3.8, 4) is 0 Å². The van der Waals surface area contributed by atoms with E-state index in [4.69, 9.17) is 0 Å². The van der Waals surface area contributed by atoms with Gasteiger partial charge in [-0.05, 0) is 25.2 Å². The Morgan fingerprint density at radius 3 is 2.82 bits per heavy atom. The minimum Gasteiger partial charge on any atom is -0.387 e. The SMILES string of the molecule is CCNC(=NCc1ccccc1F)NCC1(O)CCSC1.I. The fourth-order valence-corrected chi connectivity index (χ4v) is 3.41. The van der Waals surface area contributed by atoms with E-state index in [-0.39, 0.29) is 36.3 Å². The highest BCUT2D eigenvalue weighted by Crippen LogP contribution is 2.26. The molecule has 0 radical (unpaired) electrons. The molecule has 22 heavy (non-hydrogen) atoms. The molecule has 1 aliphatic heterocycles. The van der Waals surface area contributed by atoms with Crippen LogP contribution in [0.2, 0.25) is 0 Å². The van der Waals surface area contributed by atoms with Crippen molar-refractivity contribution in [3.63, 3.8) is 0 Å². The molecule has 4 nitrogen and oxygen atoms in total. The average Bonchev–Trinajstić information content (AvgIpc) is 2.91. The first-order valence-electron chi connectivity index (χ1n) is 7.19. The van der Waals surface area contributed by atoms with Crippen molar-refractivity contribution in [2.45, 2.75) is 25.5 Å². The van der Waals surface area contributed by atoms with E-state index >= 15 is 0 Å². The van der Waals surface area contributed by atoms with E-state index in [1.807, 2.05) is 6.92 Å². The Morgan fingerprint density at radius 1 is 1.41 bits per heavy atom. The van der Waals surface area contributed by atoms with E-state index in [2.05, 4.69) is 15.6 Å². The molecule has 0 spiro atoms. The van der Waals surface area contributed by atoms with Gasteiger partial charge in [0.1, 0.15) is 5.82 Å². The molecule has 1 aliphatic rings. The molecular formula is C15H23FIN3OS. The Hall–Kier alpha value is -0.540. The summed E-state index contributed by atoms with van der Waals surface area (Å²) < 4.78 is 13.6. The van der Waals surface area contributed by atoms with Crippen molar-refractivity contribution in [2.24, 2.45) is 4.99 Å². The van der Waals surface area contributed by atoms with Crippen molar-refractivity contribution in [3.05, 3.63) is 35.6 Å². The van der Waals surface area contributed by atoms with Crippen LogP contribution in [0.25, 0.3) is 0 Å². The van der Waals surface area contributed by atoms with Crippen molar-refractivity contribution >= 4 is 41.7 Å². The third kappa shape index (κ3) is 5.92. The van der Waals surface area contributed by atoms with Crippen LogP contribution in [0.15, 0.2) is 29.3 Å². The van der Waals surface area contributed by atoms with Gasteiger partial charge in [0.25, 0.3) is 0 Å². The molecule has 0 aliphatic carbocycles. The van der Waals surface area contributed by atoms with E-state index in [1.165, 1.54) is 6.07 Å². The molecule has 0 aromatic heterocycles. The molecule has 0 saturated carbocycles. The summed E-state index contributed by atoms with van der Waals surface area (Å²) in [5.41, 5.74) is -0.108. The van der Waals surface area contributed by atoms with Crippen LogP contribution in [-0.2, 0) is 6.54 Å². The van der Waals surface area contributed by atoms with Gasteiger partial charge in [-0.25, -0.2) is 9.38 Å². The number of guanidine groups is 1. The van der Waals surface area contributed by atoms with Gasteiger partial charge < -0.3 is 15.7 Å². The van der Waals surface area contributed by atoms with E-state index in [0.29, 0.717) is 18.1 Å². The van der Waals surface area contributed by atoms with Gasteiger partial charge in [-0.2, -0.15) is 11.8 Å². The second-order valence-electron chi connectivity index (χ2n) is 5.17. The van der Waals surface area contributed by atoms with Gasteiger partial charge in [-0.15, -0.1) is 24.0 Å². The molecule has 1 aromatic carbocycles. The van der Waals surface area contributed by atoms with Crippen molar-refractivity contribution in [1.82, 2.24) is 10.6 Å². The van der Waals surface area contributed by atoms with E-state index in [0.717, 1.165) is 24.5 Å². The third-order valence-corrected chi connectivity index (χ3v) is 4.61. The number of nitrogens with zero attached hydrogens (tertiary/aromatic N) is 1. The second kappa shape index (κ2) is 9.57. The molecule has 7 heteroatoms. The molecule has 1 aromatic rings. The van der Waals surface area contributed by atoms with Gasteiger partial charge in [-0.3, -0.25) is 0 Å². The summed E-state index contributed by atoms with van der Waals surface area (Å²) in [4.78, 5) is 4.37. The molecule has 1 heterocycles. The molecule has 1 fully saturated rings. The predicted octanol–water partition coefficient (Wildman–Crippen LogP) is 2.37. The predicted molar refractivity (Wildman–Crippen MR) is 102 cm³/mol. The monoisotopic (exact) mass is 439 g/mol. The summed E-state index contributed by atoms with van der Waals surface area (Å²) in [6, 6.07) is 6.62. The maximum Gasteiger partial charge on any atom is 0.191 e. The summed E-state index contributed by atoms with van der Waals surface area (Å²) in [5.74, 6) is 2.09. The first-order chi connectivity index (χ1) is 10.1. The number of hydrogen-bond acceptors (Lipinski definition) is 3. The zero-order valence-corrected chi connectivity index (χ0v) is 15.8. The van der Waals surface area contributed by atoms with Gasteiger partial charge in [0.05, 0.1) is 12.1 Å². The number of halogens is 2. The summed E-state index contributed by atoms with van der Waals surface area (Å²) in [6.07, 6.45) is 0.789. The minimum absolute atomic E-state index is 0. The molecule has 3 N–H and O–H groups in total. The van der Waals surface area contributed by atoms with Crippen LogP contribution in [0.3, 0.4) is 0 Å². The van der Waals surface area contributed by atoms with Crippen LogP contribution in [0.4, 0.5) is 4.39 Å². The van der Waals surface area contributed by atoms with Crippen molar-refractivity contribution in [1.29, 1.82) is 0 Å². The first kappa shape index (κ1) is 19.5. The highest BCUT2D eigenvalue weighted by Gasteiger charge is 2.31. The van der Waals surface area contributed by atoms with Gasteiger partial charge in [0, 0.05) is 24.4 Å². The standard InChI is InChI=1S/C15H22FN3OS.HI/c1-2-17-14(19-10-15(20)7-8-21-11-15)18-9-12-5-3-4-6-13(12)16;/h3-6,20H,2,7-11H2,1H3,(H2,17,18,19);1H. The largest absolute Gasteiger partial charge is 0.387 e. The summed E-state index contributed by atoms with van der Waals surface area (Å²) in [5, 5.41) is 16.6. The molecule has 1 atom stereocenters. The Balaban J connectivity index is 0.00000242. The summed E-state index contributed by atoms with van der Waals surface area (Å²) in [7, 11) is 0. The zero-order valence-electron chi connectivity index (χ0n) is 12.6. The van der Waals surface area contributed by atoms with Gasteiger partial charge in [0.15, 0.2) is 5.96 Å². The third-order valence-electron chi connectivity index (χ3n) is 3.38. The number of aliphatic imine (C=N–C) groups is 1. The number of nitrogens with one attached hydrogen (secondary N) is 2. The second-order valence-corrected chi connectivity index (χ2v) is 6.27. The lowest BCUT2D eigenvalue weighted by Crippen LogP contribution is -2.47. The lowest BCUT2D eigenvalue weighted by atomic mass is 10.0. The lowest BCUT2D eigenvalue weighted by molar-refractivity contribution is 0.0724. The maximum absolute atomic E-state index is 13.6. The van der Waals surface area contributed by atoms with Crippen molar-refractivity contribution in [2.75, 3.05) is 24.6 Å². The van der Waals surface area contributed by atoms with E-state index in [1.54, 1.807) is 30.0 Å². The summed E-state index contributed by atoms with van der Waals surface area (Å²) in [6.45, 7) is 3.43. The summed E-state index contributed by atoms with van der Waals surface area (Å²) >= 11 is 1.76. The quantitative estimate of drug-likeness (QED) is 0.375. The molecular weight excluding hydrogens is 416 g/mol. The van der Waals surface area contributed by atoms with E-state index in [9.17, 15) is 9.50 Å². The van der Waals surface area contributed by atoms with Crippen LogP contribution in [-0.4, -0.2) is 41.3 Å². The maximum atomic E-state index is 13.6. The van der Waals surface area contributed by atoms with Gasteiger partial charge >= 0.3 is 0 Å². The highest BCUT2D eigenvalue weighted by molar-refractivity contribution is 14.0. The smallest absolute Gasteiger partial charge is 0.191 e. The number of rotatable bonds is 5. The molecule has 1 unspecified atom stereocenters. The van der Waals surface area contributed by atoms with Crippen LogP contribution < -0.4 is 10.6 Å². The molecule has 0 amide bonds. The van der Waals surface area contributed by atoms with E-state index < -0.39 is 5.60 Å². The normalized spacial score (nSPS) is 21.3. The van der Waals surface area contributed by atoms with Crippen LogP contribution >= 0.6 is 35.7 Å². The highest BCUT2D eigenvalue weighted by atomic mass is 127. The number of thioether (sulfide) groups is 1. The van der Waals surface area contributed by atoms with Crippen molar-refractivity contribution < 1.29 is 9.50 Å². The molecule has 124 valence electrons. The molecule has 2 rings (SSSR count). The number of aliphatic hydroxyl groups is 1. The Morgan fingerprint density at radius 2 is 2.18 bits per heavy atom. The fraction of sp³-hybridized carbons (Fsp3) is 0.533. The average molecular weight is 439 g/mol. The van der Waals surface area contributed by atoms with Gasteiger partial charge in [-0.1, -0.05) is 18.2 Å². The zero-order chi connectivity index (χ0) is 15.1. The Labute approximate surface area is 152 Å². The van der Waals surface area contributed by atoms with Crippen LogP contribution in [0.5, 0.6) is 0 Å². The Kier molecular flexibility index (Phi) is 8.48. The molecule has 0 bridgehead atoms.